The second-order valence-corrected chi connectivity index (χ2v) is 7.81. The van der Waals surface area contributed by atoms with Crippen molar-refractivity contribution < 1.29 is 22.5 Å². The van der Waals surface area contributed by atoms with E-state index in [-0.39, 0.29) is 11.7 Å². The van der Waals surface area contributed by atoms with Crippen molar-refractivity contribution in [3.8, 4) is 0 Å². The molecule has 0 aliphatic heterocycles. The number of carbonyl (C=O) groups excluding carboxylic acids is 1. The first-order valence-corrected chi connectivity index (χ1v) is 9.58. The molecule has 0 radical (unpaired) electrons. The van der Waals surface area contributed by atoms with Gasteiger partial charge in [-0.2, -0.15) is 13.1 Å². The molecule has 0 atom stereocenters. The molecule has 8 nitrogen and oxygen atoms in total. The van der Waals surface area contributed by atoms with E-state index in [9.17, 15) is 18.3 Å². The van der Waals surface area contributed by atoms with Gasteiger partial charge in [-0.15, -0.1) is 11.3 Å². The number of hydrogen-bond donors (Lipinski definition) is 3. The van der Waals surface area contributed by atoms with E-state index in [0.717, 1.165) is 16.0 Å². The van der Waals surface area contributed by atoms with Crippen LogP contribution in [-0.2, 0) is 32.3 Å². The zero-order valence-electron chi connectivity index (χ0n) is 13.8. The predicted molar refractivity (Wildman–Crippen MR) is 94.6 cm³/mol. The van der Waals surface area contributed by atoms with Gasteiger partial charge in [-0.3, -0.25) is 10.1 Å². The summed E-state index contributed by atoms with van der Waals surface area (Å²) in [5, 5.41) is 12.2. The number of benzene rings is 1. The fourth-order valence-corrected chi connectivity index (χ4v) is 3.34. The van der Waals surface area contributed by atoms with Crippen LogP contribution in [0.1, 0.15) is 21.7 Å². The average molecular weight is 385 g/mol. The number of aliphatic hydroxyl groups excluding tert-OH is 1. The number of thiazole rings is 1. The zero-order chi connectivity index (χ0) is 18.4. The van der Waals surface area contributed by atoms with Crippen molar-refractivity contribution in [2.24, 2.45) is 0 Å². The molecule has 1 aromatic carbocycles. The Hall–Kier alpha value is -1.85. The molecule has 2 aromatic rings. The Kier molecular flexibility index (Phi) is 6.62. The number of aromatic nitrogens is 1. The van der Waals surface area contributed by atoms with Crippen LogP contribution in [0, 0.1) is 6.92 Å². The van der Waals surface area contributed by atoms with E-state index < -0.39 is 22.8 Å². The third-order valence-corrected chi connectivity index (χ3v) is 5.20. The molecule has 0 saturated carbocycles. The van der Waals surface area contributed by atoms with Gasteiger partial charge in [0.25, 0.3) is 5.91 Å². The van der Waals surface area contributed by atoms with Crippen LogP contribution in [0.3, 0.4) is 0 Å². The Labute approximate surface area is 150 Å². The summed E-state index contributed by atoms with van der Waals surface area (Å²) in [5.74, 6) is -0.654. The third-order valence-electron chi connectivity index (χ3n) is 3.25. The van der Waals surface area contributed by atoms with Crippen molar-refractivity contribution in [3.05, 3.63) is 46.0 Å². The third kappa shape index (κ3) is 5.87. The standard InChI is InChI=1S/C15H19N3O5S2/c1-10-3-5-11(6-4-10)7-13-12(8-19)17-15(24-13)18-14(20)9-23-25(21,22)16-2/h3-6,16,19H,7-9H2,1-2H3,(H,17,18,20). The Balaban J connectivity index is 2.04. The van der Waals surface area contributed by atoms with E-state index in [1.54, 1.807) is 0 Å². The Bertz CT molecular complexity index is 831. The first-order valence-electron chi connectivity index (χ1n) is 7.35. The van der Waals surface area contributed by atoms with Gasteiger partial charge in [0.2, 0.25) is 0 Å². The first-order chi connectivity index (χ1) is 11.8. The lowest BCUT2D eigenvalue weighted by molar-refractivity contribution is -0.118. The quantitative estimate of drug-likeness (QED) is 0.623. The van der Waals surface area contributed by atoms with Gasteiger partial charge in [0, 0.05) is 18.3 Å². The number of hydrogen-bond acceptors (Lipinski definition) is 7. The van der Waals surface area contributed by atoms with E-state index in [1.165, 1.54) is 18.4 Å². The maximum atomic E-state index is 11.8. The highest BCUT2D eigenvalue weighted by Crippen LogP contribution is 2.26. The second kappa shape index (κ2) is 8.50. The molecule has 0 unspecified atom stereocenters. The number of aryl methyl sites for hydroxylation is 1. The van der Waals surface area contributed by atoms with Crippen molar-refractivity contribution in [3.63, 3.8) is 0 Å². The zero-order valence-corrected chi connectivity index (χ0v) is 15.4. The van der Waals surface area contributed by atoms with Gasteiger partial charge in [0.15, 0.2) is 5.13 Å². The smallest absolute Gasteiger partial charge is 0.336 e. The van der Waals surface area contributed by atoms with Crippen LogP contribution >= 0.6 is 11.3 Å². The summed E-state index contributed by atoms with van der Waals surface area (Å²) in [6.07, 6.45) is 0.578. The average Bonchev–Trinajstić information content (AvgIpc) is 2.96. The lowest BCUT2D eigenvalue weighted by atomic mass is 10.1. The molecule has 136 valence electrons. The molecule has 10 heteroatoms. The van der Waals surface area contributed by atoms with E-state index in [0.29, 0.717) is 12.1 Å². The summed E-state index contributed by atoms with van der Waals surface area (Å²) in [5.41, 5.74) is 2.69. The van der Waals surface area contributed by atoms with Crippen molar-refractivity contribution >= 4 is 32.7 Å². The minimum Gasteiger partial charge on any atom is -0.390 e. The number of carbonyl (C=O) groups is 1. The number of aliphatic hydroxyl groups is 1. The molecule has 0 saturated heterocycles. The maximum Gasteiger partial charge on any atom is 0.336 e. The Morgan fingerprint density at radius 2 is 2.00 bits per heavy atom. The molecule has 0 aliphatic carbocycles. The molecule has 0 fully saturated rings. The van der Waals surface area contributed by atoms with Crippen LogP contribution in [0.25, 0.3) is 0 Å². The van der Waals surface area contributed by atoms with Crippen LogP contribution in [0.15, 0.2) is 24.3 Å². The van der Waals surface area contributed by atoms with E-state index >= 15 is 0 Å². The molecule has 3 N–H and O–H groups in total. The molecular weight excluding hydrogens is 366 g/mol. The molecule has 0 aliphatic rings. The Morgan fingerprint density at radius 1 is 1.32 bits per heavy atom. The van der Waals surface area contributed by atoms with E-state index in [1.807, 2.05) is 35.9 Å². The number of nitrogens with one attached hydrogen (secondary N) is 2. The number of amides is 1. The fraction of sp³-hybridized carbons (Fsp3) is 0.333. The maximum absolute atomic E-state index is 11.8. The summed E-state index contributed by atoms with van der Waals surface area (Å²) < 4.78 is 28.7. The summed E-state index contributed by atoms with van der Waals surface area (Å²) in [6, 6.07) is 7.98. The molecule has 1 amide bonds. The van der Waals surface area contributed by atoms with Crippen molar-refractivity contribution in [2.75, 3.05) is 19.0 Å². The van der Waals surface area contributed by atoms with E-state index in [4.69, 9.17) is 0 Å². The van der Waals surface area contributed by atoms with Gasteiger partial charge in [-0.1, -0.05) is 29.8 Å². The minimum atomic E-state index is -3.93. The van der Waals surface area contributed by atoms with Crippen LogP contribution in [0.2, 0.25) is 0 Å². The minimum absolute atomic E-state index is 0.252. The molecule has 0 spiro atoms. The molecule has 1 aromatic heterocycles. The van der Waals surface area contributed by atoms with Crippen LogP contribution in [-0.4, -0.2) is 38.1 Å². The summed E-state index contributed by atoms with van der Waals surface area (Å²) in [7, 11) is -2.75. The van der Waals surface area contributed by atoms with Gasteiger partial charge < -0.3 is 5.11 Å². The van der Waals surface area contributed by atoms with Gasteiger partial charge >= 0.3 is 10.3 Å². The van der Waals surface area contributed by atoms with Crippen molar-refractivity contribution in [2.45, 2.75) is 20.0 Å². The molecule has 0 bridgehead atoms. The van der Waals surface area contributed by atoms with Crippen molar-refractivity contribution in [1.29, 1.82) is 0 Å². The Morgan fingerprint density at radius 3 is 2.60 bits per heavy atom. The normalized spacial score (nSPS) is 11.5. The van der Waals surface area contributed by atoms with Crippen molar-refractivity contribution in [1.82, 2.24) is 9.71 Å². The number of anilines is 1. The number of nitrogens with zero attached hydrogens (tertiary/aromatic N) is 1. The lowest BCUT2D eigenvalue weighted by Gasteiger charge is -2.03. The highest BCUT2D eigenvalue weighted by Gasteiger charge is 2.15. The summed E-state index contributed by atoms with van der Waals surface area (Å²) in [4.78, 5) is 16.7. The molecular formula is C15H19N3O5S2. The van der Waals surface area contributed by atoms with E-state index in [2.05, 4.69) is 14.5 Å². The summed E-state index contributed by atoms with van der Waals surface area (Å²) >= 11 is 1.23. The highest BCUT2D eigenvalue weighted by molar-refractivity contribution is 7.84. The molecule has 1 heterocycles. The molecule has 25 heavy (non-hydrogen) atoms. The SMILES string of the molecule is CNS(=O)(=O)OCC(=O)Nc1nc(CO)c(Cc2ccc(C)cc2)s1. The predicted octanol–water partition coefficient (Wildman–Crippen LogP) is 0.954. The number of rotatable bonds is 8. The highest BCUT2D eigenvalue weighted by atomic mass is 32.2. The van der Waals surface area contributed by atoms with Gasteiger partial charge in [0.1, 0.15) is 6.61 Å². The fourth-order valence-electron chi connectivity index (χ4n) is 1.94. The topological polar surface area (TPSA) is 118 Å². The van der Waals surface area contributed by atoms with Gasteiger partial charge in [0.05, 0.1) is 12.3 Å². The lowest BCUT2D eigenvalue weighted by Crippen LogP contribution is -2.27. The molecule has 2 rings (SSSR count). The van der Waals surface area contributed by atoms with Crippen LogP contribution < -0.4 is 10.0 Å². The second-order valence-electron chi connectivity index (χ2n) is 5.18. The summed E-state index contributed by atoms with van der Waals surface area (Å²) in [6.45, 7) is 1.09. The first kappa shape index (κ1) is 19.5. The largest absolute Gasteiger partial charge is 0.390 e. The van der Waals surface area contributed by atoms with Crippen LogP contribution in [0.4, 0.5) is 5.13 Å². The van der Waals surface area contributed by atoms with Crippen LogP contribution in [0.5, 0.6) is 0 Å². The van der Waals surface area contributed by atoms with Gasteiger partial charge in [-0.05, 0) is 12.5 Å². The monoisotopic (exact) mass is 385 g/mol. The van der Waals surface area contributed by atoms with Gasteiger partial charge in [-0.25, -0.2) is 9.17 Å².